The van der Waals surface area contributed by atoms with Crippen molar-refractivity contribution in [3.8, 4) is 0 Å². The van der Waals surface area contributed by atoms with Gasteiger partial charge in [-0.3, -0.25) is 14.9 Å². The van der Waals surface area contributed by atoms with Crippen LogP contribution in [0.4, 0.5) is 4.79 Å². The molecule has 1 saturated heterocycles. The van der Waals surface area contributed by atoms with Crippen LogP contribution in [0.3, 0.4) is 0 Å². The number of hydrogen-bond donors (Lipinski definition) is 4. The van der Waals surface area contributed by atoms with E-state index in [1.54, 1.807) is 6.07 Å². The maximum absolute atomic E-state index is 12.8. The fourth-order valence-corrected chi connectivity index (χ4v) is 3.42. The van der Waals surface area contributed by atoms with E-state index in [-0.39, 0.29) is 24.4 Å². The fraction of sp³-hybridized carbons (Fsp3) is 0.500. The third kappa shape index (κ3) is 5.71. The van der Waals surface area contributed by atoms with Gasteiger partial charge in [0.2, 0.25) is 11.8 Å². The molecule has 1 aromatic carbocycles. The molecule has 26 heavy (non-hydrogen) atoms. The summed E-state index contributed by atoms with van der Waals surface area (Å²) in [6.45, 7) is 2.72. The topological polar surface area (TPSA) is 113 Å². The van der Waals surface area contributed by atoms with Gasteiger partial charge in [-0.15, -0.1) is 0 Å². The van der Waals surface area contributed by atoms with E-state index < -0.39 is 17.9 Å². The third-order valence-corrected chi connectivity index (χ3v) is 4.80. The van der Waals surface area contributed by atoms with E-state index in [1.165, 1.54) is 0 Å². The molecule has 1 aliphatic rings. The summed E-state index contributed by atoms with van der Waals surface area (Å²) in [5.41, 5.74) is 5.87. The number of hydrogen-bond acceptors (Lipinski definition) is 4. The molecular weight excluding hydrogens is 356 g/mol. The molecule has 1 heterocycles. The number of benzene rings is 1. The van der Waals surface area contributed by atoms with E-state index in [2.05, 4.69) is 10.6 Å². The Morgan fingerprint density at radius 1 is 1.38 bits per heavy atom. The number of nitrogens with two attached hydrogens (primary N) is 1. The van der Waals surface area contributed by atoms with Crippen molar-refractivity contribution in [2.24, 2.45) is 11.7 Å². The van der Waals surface area contributed by atoms with Gasteiger partial charge in [-0.2, -0.15) is 0 Å². The molecular formula is C18H25ClN4O3. The van der Waals surface area contributed by atoms with Crippen molar-refractivity contribution < 1.29 is 14.4 Å². The molecule has 142 valence electrons. The minimum absolute atomic E-state index is 0.0916. The van der Waals surface area contributed by atoms with Gasteiger partial charge in [0.25, 0.3) is 0 Å². The number of imide groups is 1. The summed E-state index contributed by atoms with van der Waals surface area (Å²) < 4.78 is 0. The van der Waals surface area contributed by atoms with Gasteiger partial charge in [0.15, 0.2) is 0 Å². The zero-order valence-electron chi connectivity index (χ0n) is 14.8. The van der Waals surface area contributed by atoms with Crippen LogP contribution in [0.5, 0.6) is 0 Å². The molecule has 1 aromatic rings. The summed E-state index contributed by atoms with van der Waals surface area (Å²) in [6.07, 6.45) is 2.36. The SMILES string of the molecule is CCC(CC(=O)NC(N)=O)C(=O)NC(c1cccc(Cl)c1)C1CCCN1. The molecule has 3 atom stereocenters. The smallest absolute Gasteiger partial charge is 0.318 e. The van der Waals surface area contributed by atoms with Crippen LogP contribution < -0.4 is 21.7 Å². The van der Waals surface area contributed by atoms with Crippen molar-refractivity contribution in [1.29, 1.82) is 0 Å². The molecule has 0 aliphatic carbocycles. The van der Waals surface area contributed by atoms with E-state index in [0.717, 1.165) is 24.9 Å². The first-order chi connectivity index (χ1) is 12.4. The summed E-state index contributed by atoms with van der Waals surface area (Å²) in [7, 11) is 0. The predicted molar refractivity (Wildman–Crippen MR) is 99.5 cm³/mol. The van der Waals surface area contributed by atoms with Gasteiger partial charge < -0.3 is 16.4 Å². The first-order valence-corrected chi connectivity index (χ1v) is 9.17. The number of carbonyl (C=O) groups excluding carboxylic acids is 3. The Labute approximate surface area is 158 Å². The number of carbonyl (C=O) groups is 3. The Kier molecular flexibility index (Phi) is 7.41. The molecule has 0 aromatic heterocycles. The van der Waals surface area contributed by atoms with Gasteiger partial charge in [-0.25, -0.2) is 4.79 Å². The van der Waals surface area contributed by atoms with Gasteiger partial charge in [0.05, 0.1) is 6.04 Å². The first-order valence-electron chi connectivity index (χ1n) is 8.79. The van der Waals surface area contributed by atoms with E-state index in [9.17, 15) is 14.4 Å². The van der Waals surface area contributed by atoms with Crippen molar-refractivity contribution in [2.75, 3.05) is 6.54 Å². The summed E-state index contributed by atoms with van der Waals surface area (Å²) in [4.78, 5) is 35.3. The van der Waals surface area contributed by atoms with Crippen molar-refractivity contribution >= 4 is 29.4 Å². The van der Waals surface area contributed by atoms with Gasteiger partial charge in [0.1, 0.15) is 0 Å². The summed E-state index contributed by atoms with van der Waals surface area (Å²) in [5.74, 6) is -1.33. The van der Waals surface area contributed by atoms with Gasteiger partial charge in [-0.05, 0) is 43.5 Å². The van der Waals surface area contributed by atoms with Crippen LogP contribution in [0.1, 0.15) is 44.2 Å². The molecule has 3 unspecified atom stereocenters. The highest BCUT2D eigenvalue weighted by molar-refractivity contribution is 6.30. The molecule has 5 N–H and O–H groups in total. The Hall–Kier alpha value is -2.12. The van der Waals surface area contributed by atoms with Crippen molar-refractivity contribution in [3.63, 3.8) is 0 Å². The minimum atomic E-state index is -0.919. The van der Waals surface area contributed by atoms with Crippen LogP contribution in [-0.2, 0) is 9.59 Å². The molecule has 7 nitrogen and oxygen atoms in total. The quantitative estimate of drug-likeness (QED) is 0.578. The van der Waals surface area contributed by atoms with Crippen LogP contribution in [0.2, 0.25) is 5.02 Å². The number of urea groups is 1. The first kappa shape index (κ1) is 20.2. The van der Waals surface area contributed by atoms with Crippen LogP contribution in [0, 0.1) is 5.92 Å². The maximum Gasteiger partial charge on any atom is 0.318 e. The van der Waals surface area contributed by atoms with E-state index in [0.29, 0.717) is 11.4 Å². The lowest BCUT2D eigenvalue weighted by molar-refractivity contribution is -0.130. The Balaban J connectivity index is 2.11. The van der Waals surface area contributed by atoms with Crippen molar-refractivity contribution in [1.82, 2.24) is 16.0 Å². The third-order valence-electron chi connectivity index (χ3n) is 4.56. The lowest BCUT2D eigenvalue weighted by Crippen LogP contribution is -2.44. The Morgan fingerprint density at radius 3 is 2.73 bits per heavy atom. The van der Waals surface area contributed by atoms with E-state index in [1.807, 2.05) is 30.4 Å². The fourth-order valence-electron chi connectivity index (χ4n) is 3.22. The van der Waals surface area contributed by atoms with Crippen molar-refractivity contribution in [2.45, 2.75) is 44.7 Å². The number of amides is 4. The second kappa shape index (κ2) is 9.54. The highest BCUT2D eigenvalue weighted by Crippen LogP contribution is 2.26. The molecule has 1 aliphatic heterocycles. The average molecular weight is 381 g/mol. The predicted octanol–water partition coefficient (Wildman–Crippen LogP) is 1.86. The molecule has 2 rings (SSSR count). The standard InChI is InChI=1S/C18H25ClN4O3/c1-2-11(10-15(24)22-18(20)26)17(25)23-16(14-7-4-8-21-14)12-5-3-6-13(19)9-12/h3,5-6,9,11,14,16,21H,2,4,7-8,10H2,1H3,(H,23,25)(H3,20,22,24,26). The number of nitrogens with one attached hydrogen (secondary N) is 3. The van der Waals surface area contributed by atoms with Gasteiger partial charge >= 0.3 is 6.03 Å². The van der Waals surface area contributed by atoms with Crippen LogP contribution in [-0.4, -0.2) is 30.4 Å². The average Bonchev–Trinajstić information content (AvgIpc) is 3.10. The summed E-state index contributed by atoms with van der Waals surface area (Å²) in [5, 5.41) is 9.07. The minimum Gasteiger partial charge on any atom is -0.351 e. The van der Waals surface area contributed by atoms with Gasteiger partial charge in [-0.1, -0.05) is 30.7 Å². The molecule has 0 spiro atoms. The second-order valence-electron chi connectivity index (χ2n) is 6.47. The summed E-state index contributed by atoms with van der Waals surface area (Å²) in [6, 6.07) is 6.35. The van der Waals surface area contributed by atoms with Crippen LogP contribution in [0.25, 0.3) is 0 Å². The zero-order valence-corrected chi connectivity index (χ0v) is 15.5. The van der Waals surface area contributed by atoms with E-state index in [4.69, 9.17) is 17.3 Å². The number of rotatable bonds is 7. The van der Waals surface area contributed by atoms with Gasteiger partial charge in [0, 0.05) is 23.4 Å². The Bertz CT molecular complexity index is 662. The molecule has 8 heteroatoms. The molecule has 4 amide bonds. The molecule has 0 bridgehead atoms. The monoisotopic (exact) mass is 380 g/mol. The van der Waals surface area contributed by atoms with Crippen LogP contribution >= 0.6 is 11.6 Å². The highest BCUT2D eigenvalue weighted by atomic mass is 35.5. The lowest BCUT2D eigenvalue weighted by Gasteiger charge is -2.27. The molecule has 0 radical (unpaired) electrons. The summed E-state index contributed by atoms with van der Waals surface area (Å²) >= 11 is 6.11. The highest BCUT2D eigenvalue weighted by Gasteiger charge is 2.30. The zero-order chi connectivity index (χ0) is 19.1. The molecule has 1 fully saturated rings. The number of halogens is 1. The molecule has 0 saturated carbocycles. The van der Waals surface area contributed by atoms with Crippen molar-refractivity contribution in [3.05, 3.63) is 34.9 Å². The number of primary amides is 1. The normalized spacial score (nSPS) is 18.8. The Morgan fingerprint density at radius 2 is 2.15 bits per heavy atom. The van der Waals surface area contributed by atoms with E-state index >= 15 is 0 Å². The second-order valence-corrected chi connectivity index (χ2v) is 6.90. The maximum atomic E-state index is 12.8. The largest absolute Gasteiger partial charge is 0.351 e. The lowest BCUT2D eigenvalue weighted by atomic mass is 9.95. The van der Waals surface area contributed by atoms with Crippen LogP contribution in [0.15, 0.2) is 24.3 Å².